The lowest BCUT2D eigenvalue weighted by atomic mass is 9.66. The molecule has 24 heteroatoms. The van der Waals surface area contributed by atoms with E-state index in [1.165, 1.54) is 0 Å². The summed E-state index contributed by atoms with van der Waals surface area (Å²) in [5.74, 6) is -2.07. The zero-order valence-corrected chi connectivity index (χ0v) is 81.9. The minimum absolute atomic E-state index is 0.0905. The Morgan fingerprint density at radius 1 is 0.221 bits per heavy atom. The Bertz CT molecular complexity index is 4710. The van der Waals surface area contributed by atoms with E-state index in [1.54, 1.807) is 0 Å². The first-order valence-corrected chi connectivity index (χ1v) is 52.8. The molecule has 8 aromatic carbocycles. The molecule has 15 N–H and O–H groups in total. The van der Waals surface area contributed by atoms with Crippen molar-refractivity contribution in [1.82, 2.24) is 42.2 Å². The molecule has 17 rings (SSSR count). The van der Waals surface area contributed by atoms with E-state index in [4.69, 9.17) is 69.8 Å². The first-order valence-electron chi connectivity index (χ1n) is 52.8. The van der Waals surface area contributed by atoms with Gasteiger partial charge in [-0.05, 0) is 161 Å². The molecule has 0 aromatic heterocycles. The van der Waals surface area contributed by atoms with E-state index in [0.29, 0.717) is 52.9 Å². The van der Waals surface area contributed by atoms with Crippen LogP contribution in [0.1, 0.15) is 165 Å². The van der Waals surface area contributed by atoms with Gasteiger partial charge in [-0.25, -0.2) is 0 Å². The van der Waals surface area contributed by atoms with Crippen LogP contribution < -0.4 is 79.9 Å². The van der Waals surface area contributed by atoms with Crippen molar-refractivity contribution in [2.24, 2.45) is 47.3 Å². The van der Waals surface area contributed by atoms with Gasteiger partial charge in [0, 0.05) is 146 Å². The van der Waals surface area contributed by atoms with Crippen LogP contribution >= 0.6 is 0 Å². The zero-order chi connectivity index (χ0) is 93.3. The van der Waals surface area contributed by atoms with Crippen molar-refractivity contribution >= 4 is 45.5 Å². The topological polar surface area (TPSA) is 258 Å². The number of anilines is 8. The summed E-state index contributed by atoms with van der Waals surface area (Å²) < 4.78 is 62.2. The minimum atomic E-state index is -0.553. The highest BCUT2D eigenvalue weighted by Crippen LogP contribution is 2.54. The van der Waals surface area contributed by atoms with Gasteiger partial charge in [-0.1, -0.05) is 252 Å². The summed E-state index contributed by atoms with van der Waals surface area (Å²) in [4.78, 5) is 0. The fourth-order valence-electron chi connectivity index (χ4n) is 24.1. The van der Waals surface area contributed by atoms with Gasteiger partial charge in [0.1, 0.15) is 24.4 Å². The highest BCUT2D eigenvalue weighted by atomic mass is 16.6. The first kappa shape index (κ1) is 99.1. The van der Waals surface area contributed by atoms with Gasteiger partial charge >= 0.3 is 0 Å². The Hall–Kier alpha value is -8.48. The minimum Gasteiger partial charge on any atom is -0.380 e. The van der Waals surface area contributed by atoms with Crippen LogP contribution in [0.25, 0.3) is 0 Å². The summed E-state index contributed by atoms with van der Waals surface area (Å²) >= 11 is 0. The van der Waals surface area contributed by atoms with Crippen molar-refractivity contribution in [2.45, 2.75) is 305 Å². The molecule has 4 saturated carbocycles. The third-order valence-corrected chi connectivity index (χ3v) is 30.5. The predicted octanol–water partition coefficient (Wildman–Crippen LogP) is 18.3. The van der Waals surface area contributed by atoms with Crippen molar-refractivity contribution in [2.75, 3.05) is 95.5 Å². The van der Waals surface area contributed by atoms with E-state index in [1.807, 2.05) is 0 Å². The standard InChI is InChI=1S/C112H160N16O8/c1-9-17-65-129-97-87-88(98(130-66-18-10-2)102(134-70-22-14-6)101(97)133-69-21-13-5)108-122-107(87)121-105-82-73-83(113-74-49-33-25-34-50-74)91(114-75-51-35-26-36-52-75)92(115-76-53-37-27-38-54-76)84(82)106(120-105)125-111-85-86(94(117-78-57-41-29-42-58-78)96(119-80-61-45-31-46-62-80)95(118-79-59-43-30-44-60-79)93(85)116-77-55-39-28-40-56-77)112(128(111)127-81-63-47-32-48-64-81)126-110-90-89(109(123-108)124-110)99(131-67-19-11-3)103(135-71-23-15-7)104(136-72-24-16-8)100(90)132-68-20-12-4/h25-64,82-127H,9-24,65-73H2,1-8H3. The van der Waals surface area contributed by atoms with Crippen molar-refractivity contribution in [3.05, 3.63) is 243 Å². The molecular weight excluding hydrogens is 1700 g/mol. The lowest BCUT2D eigenvalue weighted by Gasteiger charge is -2.53. The fraction of sp³-hybridized carbons (Fsp3) is 0.571. The number of hydrogen-bond donors (Lipinski definition) is 15. The second-order valence-electron chi connectivity index (χ2n) is 39.6. The molecule has 31 atom stereocenters. The highest BCUT2D eigenvalue weighted by molar-refractivity contribution is 5.57. The molecule has 8 bridgehead atoms. The second kappa shape index (κ2) is 50.1. The quantitative estimate of drug-likeness (QED) is 0.0158. The van der Waals surface area contributed by atoms with E-state index in [2.05, 4.69) is 351 Å². The maximum atomic E-state index is 7.96. The van der Waals surface area contributed by atoms with Gasteiger partial charge in [-0.2, -0.15) is 5.01 Å². The second-order valence-corrected chi connectivity index (χ2v) is 39.6. The van der Waals surface area contributed by atoms with Gasteiger partial charge in [0.25, 0.3) is 0 Å². The molecule has 736 valence electrons. The summed E-state index contributed by atoms with van der Waals surface area (Å²) in [5, 5.41) is 67.0. The number of benzene rings is 8. The number of nitrogens with zero attached hydrogens (tertiary/aromatic N) is 1. The van der Waals surface area contributed by atoms with E-state index < -0.39 is 92.0 Å². The van der Waals surface area contributed by atoms with Crippen LogP contribution in [0.3, 0.4) is 0 Å². The number of para-hydroxylation sites is 8. The van der Waals surface area contributed by atoms with Crippen LogP contribution in [-0.2, 0) is 37.9 Å². The highest BCUT2D eigenvalue weighted by Gasteiger charge is 2.70. The third-order valence-electron chi connectivity index (χ3n) is 30.5. The largest absolute Gasteiger partial charge is 0.380 e. The molecule has 0 radical (unpaired) electrons. The number of hydrazine groups is 1. The van der Waals surface area contributed by atoms with Crippen LogP contribution in [0, 0.1) is 47.3 Å². The van der Waals surface area contributed by atoms with Gasteiger partial charge in [0.15, 0.2) is 0 Å². The van der Waals surface area contributed by atoms with E-state index >= 15 is 0 Å². The molecule has 31 unspecified atom stereocenters. The molecule has 5 heterocycles. The molecule has 4 aliphatic carbocycles. The molecule has 0 spiro atoms. The third kappa shape index (κ3) is 23.5. The molecule has 136 heavy (non-hydrogen) atoms. The van der Waals surface area contributed by atoms with Crippen molar-refractivity contribution < 1.29 is 37.9 Å². The van der Waals surface area contributed by atoms with E-state index in [-0.39, 0.29) is 95.8 Å². The SMILES string of the molecule is CCCCOC1C(OCCCC)C(OCCCC)C2C3NC(NC4NC(NC5C6C(Nc7ccccc7)C(Nc7ccccc7)C(Nc7ccccc7)C(Nc7ccccc7)C6C(NC6NC(N3)C3C(OCCCC)C(OCCCC)C(OCCCC)C(OCCCC)C63)N5Nc3ccccc3)C3C4CC(Nc4ccccc4)C(Nc4ccccc4)C3Nc3ccccc3)C2C1OCCCC. The Labute approximate surface area is 811 Å². The number of hydrogen-bond acceptors (Lipinski definition) is 24. The summed E-state index contributed by atoms with van der Waals surface area (Å²) in [6.45, 7) is 22.5. The predicted molar refractivity (Wildman–Crippen MR) is 551 cm³/mol. The van der Waals surface area contributed by atoms with Crippen LogP contribution in [0.2, 0.25) is 0 Å². The number of rotatable bonds is 48. The molecule has 0 amide bonds. The molecule has 5 saturated heterocycles. The van der Waals surface area contributed by atoms with Crippen molar-refractivity contribution in [1.29, 1.82) is 0 Å². The molecule has 24 nitrogen and oxygen atoms in total. The molecule has 9 fully saturated rings. The average Bonchev–Trinajstić information content (AvgIpc) is 1.54. The maximum Gasteiger partial charge on any atom is 0.113 e. The zero-order valence-electron chi connectivity index (χ0n) is 81.9. The number of ether oxygens (including phenoxy) is 8. The molecular formula is C112H160N16O8. The van der Waals surface area contributed by atoms with E-state index in [9.17, 15) is 0 Å². The summed E-state index contributed by atoms with van der Waals surface area (Å²) in [6, 6.07) is 85.4. The average molecular weight is 1860 g/mol. The van der Waals surface area contributed by atoms with Gasteiger partial charge in [-0.15, -0.1) is 0 Å². The van der Waals surface area contributed by atoms with Gasteiger partial charge in [0.2, 0.25) is 0 Å². The normalized spacial score (nSPS) is 33.3. The summed E-state index contributed by atoms with van der Waals surface area (Å²) in [7, 11) is 0. The smallest absolute Gasteiger partial charge is 0.113 e. The lowest BCUT2D eigenvalue weighted by molar-refractivity contribution is -0.242. The van der Waals surface area contributed by atoms with Crippen LogP contribution in [0.5, 0.6) is 0 Å². The van der Waals surface area contributed by atoms with Gasteiger partial charge in [-0.3, -0.25) is 37.2 Å². The Kier molecular flexibility index (Phi) is 36.5. The number of unbranched alkanes of at least 4 members (excludes halogenated alkanes) is 8. The summed E-state index contributed by atoms with van der Waals surface area (Å²) in [5.41, 5.74) is 12.6. The lowest BCUT2D eigenvalue weighted by Crippen LogP contribution is -2.71. The summed E-state index contributed by atoms with van der Waals surface area (Å²) in [6.07, 6.45) is 7.93. The van der Waals surface area contributed by atoms with Crippen molar-refractivity contribution in [3.63, 3.8) is 0 Å². The Morgan fingerprint density at radius 3 is 0.706 bits per heavy atom. The first-order chi connectivity index (χ1) is 67.2. The molecule has 5 aliphatic heterocycles. The monoisotopic (exact) mass is 1860 g/mol. The van der Waals surface area contributed by atoms with Crippen molar-refractivity contribution in [3.8, 4) is 0 Å². The van der Waals surface area contributed by atoms with E-state index in [0.717, 1.165) is 155 Å². The van der Waals surface area contributed by atoms with Gasteiger partial charge < -0.3 is 80.5 Å². The Morgan fingerprint density at radius 2 is 0.434 bits per heavy atom. The maximum absolute atomic E-state index is 7.96. The fourth-order valence-corrected chi connectivity index (χ4v) is 24.1. The number of fused-ring (bicyclic) bond motifs is 20. The van der Waals surface area contributed by atoms with Crippen LogP contribution in [-0.4, -0.2) is 198 Å². The van der Waals surface area contributed by atoms with Gasteiger partial charge in [0.05, 0.1) is 110 Å². The number of nitrogens with one attached hydrogen (secondary N) is 15. The molecule has 8 aromatic rings. The van der Waals surface area contributed by atoms with Crippen LogP contribution in [0.4, 0.5) is 45.5 Å². The molecule has 9 aliphatic rings. The van der Waals surface area contributed by atoms with Crippen LogP contribution in [0.15, 0.2) is 243 Å². The Balaban J connectivity index is 0.957.